The second kappa shape index (κ2) is 5.54. The Hall–Kier alpha value is -1.39. The van der Waals surface area contributed by atoms with Crippen molar-refractivity contribution < 1.29 is 4.74 Å². The van der Waals surface area contributed by atoms with Crippen molar-refractivity contribution in [3.8, 4) is 11.8 Å². The molecule has 0 aliphatic heterocycles. The molecule has 1 aromatic carbocycles. The van der Waals surface area contributed by atoms with Crippen LogP contribution < -0.4 is 4.74 Å². The van der Waals surface area contributed by atoms with Gasteiger partial charge in [0.05, 0.1) is 0 Å². The molecule has 0 saturated carbocycles. The van der Waals surface area contributed by atoms with Gasteiger partial charge in [0.25, 0.3) is 0 Å². The van der Waals surface area contributed by atoms with Crippen molar-refractivity contribution in [3.05, 3.63) is 39.9 Å². The summed E-state index contributed by atoms with van der Waals surface area (Å²) in [4.78, 5) is 11.5. The smallest absolute Gasteiger partial charge is 0.327 e. The molecule has 20 heavy (non-hydrogen) atoms. The van der Waals surface area contributed by atoms with Gasteiger partial charge in [-0.05, 0) is 47.2 Å². The number of aryl methyl sites for hydroxylation is 1. The number of halogens is 2. The molecule has 0 amide bonds. The molecule has 4 nitrogen and oxygen atoms in total. The van der Waals surface area contributed by atoms with Crippen LogP contribution in [0.5, 0.6) is 11.8 Å². The van der Waals surface area contributed by atoms with Gasteiger partial charge in [0.1, 0.15) is 5.75 Å². The van der Waals surface area contributed by atoms with Gasteiger partial charge in [-0.2, -0.15) is 15.0 Å². The van der Waals surface area contributed by atoms with E-state index in [9.17, 15) is 0 Å². The van der Waals surface area contributed by atoms with Crippen LogP contribution in [0.3, 0.4) is 0 Å². The quantitative estimate of drug-likeness (QED) is 0.814. The molecule has 1 heterocycles. The third kappa shape index (κ3) is 3.58. The highest BCUT2D eigenvalue weighted by Gasteiger charge is 2.20. The second-order valence-corrected chi connectivity index (χ2v) is 6.18. The highest BCUT2D eigenvalue weighted by Crippen LogP contribution is 2.34. The van der Waals surface area contributed by atoms with Crippen molar-refractivity contribution in [3.63, 3.8) is 0 Å². The van der Waals surface area contributed by atoms with Crippen molar-refractivity contribution in [2.75, 3.05) is 0 Å². The van der Waals surface area contributed by atoms with Crippen molar-refractivity contribution in [2.24, 2.45) is 0 Å². The summed E-state index contributed by atoms with van der Waals surface area (Å²) in [6.07, 6.45) is 0. The summed E-state index contributed by atoms with van der Waals surface area (Å²) in [5.41, 5.74) is 2.07. The number of nitrogens with zero attached hydrogens (tertiary/aromatic N) is 3. The van der Waals surface area contributed by atoms with Gasteiger partial charge in [-0.25, -0.2) is 0 Å². The lowest BCUT2D eigenvalue weighted by molar-refractivity contribution is 0.420. The Labute approximate surface area is 128 Å². The summed E-state index contributed by atoms with van der Waals surface area (Å²) >= 11 is 11.5. The van der Waals surface area contributed by atoms with E-state index in [1.165, 1.54) is 0 Å². The molecular formula is C14H15Cl2N3O. The van der Waals surface area contributed by atoms with Crippen LogP contribution in [0, 0.1) is 6.92 Å². The number of ether oxygens (including phenoxy) is 1. The average molecular weight is 312 g/mol. The van der Waals surface area contributed by atoms with Crippen LogP contribution in [0.4, 0.5) is 0 Å². The first kappa shape index (κ1) is 15.0. The maximum absolute atomic E-state index is 5.75. The first-order chi connectivity index (χ1) is 9.25. The molecule has 0 saturated heterocycles. The molecule has 0 aliphatic rings. The van der Waals surface area contributed by atoms with Crippen LogP contribution in [0.25, 0.3) is 0 Å². The molecule has 1 aromatic heterocycles. The molecule has 6 heteroatoms. The van der Waals surface area contributed by atoms with Gasteiger partial charge >= 0.3 is 6.01 Å². The molecule has 0 spiro atoms. The maximum atomic E-state index is 5.75. The first-order valence-electron chi connectivity index (χ1n) is 6.12. The van der Waals surface area contributed by atoms with Crippen molar-refractivity contribution in [1.82, 2.24) is 15.0 Å². The zero-order valence-corrected chi connectivity index (χ0v) is 13.2. The highest BCUT2D eigenvalue weighted by molar-refractivity contribution is 6.31. The maximum Gasteiger partial charge on any atom is 0.327 e. The minimum absolute atomic E-state index is 0.00459. The summed E-state index contributed by atoms with van der Waals surface area (Å²) in [5, 5.41) is 0.00919. The van der Waals surface area contributed by atoms with Gasteiger partial charge in [0, 0.05) is 5.56 Å². The van der Waals surface area contributed by atoms with Crippen LogP contribution in [0.2, 0.25) is 10.6 Å². The normalized spacial score (nSPS) is 11.5. The van der Waals surface area contributed by atoms with E-state index in [-0.39, 0.29) is 22.0 Å². The fraction of sp³-hybridized carbons (Fsp3) is 0.357. The van der Waals surface area contributed by atoms with E-state index in [2.05, 4.69) is 35.7 Å². The third-order valence-electron chi connectivity index (χ3n) is 2.71. The Morgan fingerprint density at radius 1 is 1.00 bits per heavy atom. The molecule has 2 rings (SSSR count). The van der Waals surface area contributed by atoms with Gasteiger partial charge in [-0.3, -0.25) is 0 Å². The molecule has 0 fully saturated rings. The first-order valence-corrected chi connectivity index (χ1v) is 6.87. The Balaban J connectivity index is 2.44. The van der Waals surface area contributed by atoms with Gasteiger partial charge < -0.3 is 4.74 Å². The van der Waals surface area contributed by atoms with E-state index in [1.54, 1.807) is 0 Å². The summed E-state index contributed by atoms with van der Waals surface area (Å²) in [6, 6.07) is 6.10. The summed E-state index contributed by atoms with van der Waals surface area (Å²) in [5.74, 6) is 0.691. The van der Waals surface area contributed by atoms with E-state index in [0.717, 1.165) is 11.1 Å². The summed E-state index contributed by atoms with van der Waals surface area (Å²) in [6.45, 7) is 8.32. The molecule has 106 valence electrons. The molecule has 0 radical (unpaired) electrons. The minimum atomic E-state index is -0.0658. The predicted octanol–water partition coefficient (Wildman–Crippen LogP) is 4.58. The monoisotopic (exact) mass is 311 g/mol. The standard InChI is InChI=1S/C14H15Cl2N3O/c1-8-5-6-9(14(2,3)4)10(7-8)20-13-18-11(15)17-12(16)19-13/h5-7H,1-4H3. The predicted molar refractivity (Wildman–Crippen MR) is 79.8 cm³/mol. The van der Waals surface area contributed by atoms with Crippen LogP contribution in [-0.2, 0) is 5.41 Å². The molecule has 0 N–H and O–H groups in total. The average Bonchev–Trinajstić information content (AvgIpc) is 2.25. The number of rotatable bonds is 2. The lowest BCUT2D eigenvalue weighted by Gasteiger charge is -2.22. The van der Waals surface area contributed by atoms with Crippen LogP contribution >= 0.6 is 23.2 Å². The Morgan fingerprint density at radius 2 is 1.60 bits per heavy atom. The van der Waals surface area contributed by atoms with Gasteiger partial charge in [-0.15, -0.1) is 0 Å². The van der Waals surface area contributed by atoms with E-state index >= 15 is 0 Å². The summed E-state index contributed by atoms with van der Waals surface area (Å²) < 4.78 is 5.75. The van der Waals surface area contributed by atoms with Crippen molar-refractivity contribution in [2.45, 2.75) is 33.1 Å². The van der Waals surface area contributed by atoms with Crippen LogP contribution in [-0.4, -0.2) is 15.0 Å². The van der Waals surface area contributed by atoms with Crippen molar-refractivity contribution in [1.29, 1.82) is 0 Å². The van der Waals surface area contributed by atoms with Crippen molar-refractivity contribution >= 4 is 23.2 Å². The lowest BCUT2D eigenvalue weighted by atomic mass is 9.86. The minimum Gasteiger partial charge on any atom is -0.424 e. The number of aromatic nitrogens is 3. The van der Waals surface area contributed by atoms with Gasteiger partial charge in [-0.1, -0.05) is 32.9 Å². The molecule has 0 atom stereocenters. The number of hydrogen-bond donors (Lipinski definition) is 0. The molecule has 0 aliphatic carbocycles. The highest BCUT2D eigenvalue weighted by atomic mass is 35.5. The second-order valence-electron chi connectivity index (χ2n) is 5.51. The molecule has 0 bridgehead atoms. The Kier molecular flexibility index (Phi) is 4.16. The van der Waals surface area contributed by atoms with Gasteiger partial charge in [0.2, 0.25) is 10.6 Å². The fourth-order valence-electron chi connectivity index (χ4n) is 1.79. The molecule has 2 aromatic rings. The van der Waals surface area contributed by atoms with E-state index < -0.39 is 0 Å². The van der Waals surface area contributed by atoms with Gasteiger partial charge in [0.15, 0.2) is 0 Å². The van der Waals surface area contributed by atoms with E-state index in [4.69, 9.17) is 27.9 Å². The van der Waals surface area contributed by atoms with Crippen LogP contribution in [0.1, 0.15) is 31.9 Å². The molecular weight excluding hydrogens is 297 g/mol. The van der Waals surface area contributed by atoms with E-state index in [0.29, 0.717) is 5.75 Å². The SMILES string of the molecule is Cc1ccc(C(C)(C)C)c(Oc2nc(Cl)nc(Cl)n2)c1. The fourth-order valence-corrected chi connectivity index (χ4v) is 2.13. The lowest BCUT2D eigenvalue weighted by Crippen LogP contribution is -2.13. The summed E-state index contributed by atoms with van der Waals surface area (Å²) in [7, 11) is 0. The Morgan fingerprint density at radius 3 is 2.15 bits per heavy atom. The van der Waals surface area contributed by atoms with Crippen LogP contribution in [0.15, 0.2) is 18.2 Å². The zero-order chi connectivity index (χ0) is 14.9. The topological polar surface area (TPSA) is 47.9 Å². The number of hydrogen-bond acceptors (Lipinski definition) is 4. The molecule has 0 unspecified atom stereocenters. The zero-order valence-electron chi connectivity index (χ0n) is 11.7. The largest absolute Gasteiger partial charge is 0.424 e. The Bertz CT molecular complexity index is 619. The van der Waals surface area contributed by atoms with E-state index in [1.807, 2.05) is 25.1 Å². The third-order valence-corrected chi connectivity index (χ3v) is 3.04. The number of benzene rings is 1.